The van der Waals surface area contributed by atoms with Crippen molar-refractivity contribution in [2.45, 2.75) is 12.8 Å². The van der Waals surface area contributed by atoms with E-state index in [4.69, 9.17) is 11.0 Å². The number of nitriles is 1. The minimum Gasteiger partial charge on any atom is -0.346 e. The Balaban J connectivity index is 2.13. The van der Waals surface area contributed by atoms with Crippen LogP contribution in [0.5, 0.6) is 0 Å². The average Bonchev–Trinajstić information content (AvgIpc) is 2.77. The molecule has 1 heterocycles. The molecule has 4 nitrogen and oxygen atoms in total. The van der Waals surface area contributed by atoms with Gasteiger partial charge in [-0.25, -0.2) is 9.37 Å². The van der Waals surface area contributed by atoms with Gasteiger partial charge in [0.05, 0.1) is 5.56 Å². The van der Waals surface area contributed by atoms with Gasteiger partial charge >= 0.3 is 0 Å². The van der Waals surface area contributed by atoms with Gasteiger partial charge in [-0.3, -0.25) is 0 Å². The van der Waals surface area contributed by atoms with E-state index in [9.17, 15) is 4.39 Å². The van der Waals surface area contributed by atoms with Gasteiger partial charge in [-0.15, -0.1) is 0 Å². The van der Waals surface area contributed by atoms with Crippen LogP contribution in [0.15, 0.2) is 24.4 Å². The summed E-state index contributed by atoms with van der Waals surface area (Å²) in [5.41, 5.74) is 7.26. The van der Waals surface area contributed by atoms with Crippen molar-refractivity contribution >= 4 is 0 Å². The second-order valence-corrected chi connectivity index (χ2v) is 4.00. The first kappa shape index (κ1) is 12.3. The number of nitrogens with one attached hydrogen (secondary N) is 1. The zero-order chi connectivity index (χ0) is 13.0. The van der Waals surface area contributed by atoms with Gasteiger partial charge in [0.15, 0.2) is 0 Å². The Labute approximate surface area is 104 Å². The molecule has 0 aliphatic carbocycles. The number of halogens is 1. The fourth-order valence-electron chi connectivity index (χ4n) is 1.73. The molecule has 0 saturated heterocycles. The maximum atomic E-state index is 13.4. The SMILES string of the molecule is N#Cc1ccc(Cc2ncc(CCN)[nH]2)cc1F. The normalized spacial score (nSPS) is 10.3. The van der Waals surface area contributed by atoms with Crippen LogP contribution < -0.4 is 5.73 Å². The van der Waals surface area contributed by atoms with Gasteiger partial charge in [-0.05, 0) is 24.2 Å². The van der Waals surface area contributed by atoms with Crippen molar-refractivity contribution < 1.29 is 4.39 Å². The smallest absolute Gasteiger partial charge is 0.141 e. The standard InChI is InChI=1S/C13H13FN4/c14-12-5-9(1-2-10(12)7-16)6-13-17-8-11(18-13)3-4-15/h1-2,5,8H,3-4,6,15H2,(H,17,18). The zero-order valence-electron chi connectivity index (χ0n) is 9.78. The Morgan fingerprint density at radius 1 is 1.44 bits per heavy atom. The van der Waals surface area contributed by atoms with E-state index in [1.54, 1.807) is 18.3 Å². The third-order valence-electron chi connectivity index (χ3n) is 2.62. The Morgan fingerprint density at radius 2 is 2.28 bits per heavy atom. The summed E-state index contributed by atoms with van der Waals surface area (Å²) in [7, 11) is 0. The van der Waals surface area contributed by atoms with Crippen LogP contribution in [0, 0.1) is 17.1 Å². The number of rotatable bonds is 4. The minimum atomic E-state index is -0.497. The maximum Gasteiger partial charge on any atom is 0.141 e. The van der Waals surface area contributed by atoms with Crippen LogP contribution in [-0.2, 0) is 12.8 Å². The van der Waals surface area contributed by atoms with Gasteiger partial charge in [0.2, 0.25) is 0 Å². The number of nitrogens with two attached hydrogens (primary N) is 1. The van der Waals surface area contributed by atoms with E-state index in [0.717, 1.165) is 23.5 Å². The van der Waals surface area contributed by atoms with Gasteiger partial charge in [0, 0.05) is 24.7 Å². The molecular weight excluding hydrogens is 231 g/mol. The summed E-state index contributed by atoms with van der Waals surface area (Å²) >= 11 is 0. The Bertz CT molecular complexity index is 583. The molecule has 18 heavy (non-hydrogen) atoms. The lowest BCUT2D eigenvalue weighted by atomic mass is 10.1. The molecule has 1 aromatic heterocycles. The summed E-state index contributed by atoms with van der Waals surface area (Å²) in [6.07, 6.45) is 2.99. The van der Waals surface area contributed by atoms with Crippen molar-refractivity contribution in [1.82, 2.24) is 9.97 Å². The van der Waals surface area contributed by atoms with Crippen LogP contribution in [0.4, 0.5) is 4.39 Å². The number of aromatic nitrogens is 2. The van der Waals surface area contributed by atoms with Gasteiger partial charge in [0.25, 0.3) is 0 Å². The Kier molecular flexibility index (Phi) is 3.70. The Morgan fingerprint density at radius 3 is 2.94 bits per heavy atom. The lowest BCUT2D eigenvalue weighted by Gasteiger charge is -2.00. The summed E-state index contributed by atoms with van der Waals surface area (Å²) in [6, 6.07) is 6.37. The van der Waals surface area contributed by atoms with E-state index in [0.29, 0.717) is 13.0 Å². The highest BCUT2D eigenvalue weighted by molar-refractivity contribution is 5.34. The molecule has 0 aliphatic rings. The lowest BCUT2D eigenvalue weighted by molar-refractivity contribution is 0.622. The van der Waals surface area contributed by atoms with E-state index in [2.05, 4.69) is 9.97 Å². The number of imidazole rings is 1. The van der Waals surface area contributed by atoms with Crippen molar-refractivity contribution in [3.05, 3.63) is 52.9 Å². The minimum absolute atomic E-state index is 0.0574. The molecule has 0 unspecified atom stereocenters. The first-order valence-electron chi connectivity index (χ1n) is 5.64. The van der Waals surface area contributed by atoms with Crippen molar-refractivity contribution in [3.8, 4) is 6.07 Å². The third kappa shape index (κ3) is 2.73. The van der Waals surface area contributed by atoms with Gasteiger partial charge in [0.1, 0.15) is 17.7 Å². The van der Waals surface area contributed by atoms with E-state index in [-0.39, 0.29) is 5.56 Å². The predicted octanol–water partition coefficient (Wildman–Crippen LogP) is 1.51. The molecule has 0 atom stereocenters. The molecule has 0 bridgehead atoms. The topological polar surface area (TPSA) is 78.5 Å². The van der Waals surface area contributed by atoms with Crippen LogP contribution in [-0.4, -0.2) is 16.5 Å². The molecule has 3 N–H and O–H groups in total. The average molecular weight is 244 g/mol. The molecular formula is C13H13FN4. The predicted molar refractivity (Wildman–Crippen MR) is 65.3 cm³/mol. The molecule has 92 valence electrons. The monoisotopic (exact) mass is 244 g/mol. The first-order chi connectivity index (χ1) is 8.72. The van der Waals surface area contributed by atoms with Crippen LogP contribution in [0.2, 0.25) is 0 Å². The molecule has 2 aromatic rings. The number of benzene rings is 1. The molecule has 5 heteroatoms. The van der Waals surface area contributed by atoms with Crippen LogP contribution in [0.25, 0.3) is 0 Å². The first-order valence-corrected chi connectivity index (χ1v) is 5.64. The fraction of sp³-hybridized carbons (Fsp3) is 0.231. The molecule has 0 spiro atoms. The lowest BCUT2D eigenvalue weighted by Crippen LogP contribution is -2.03. The summed E-state index contributed by atoms with van der Waals surface area (Å²) < 4.78 is 13.4. The number of nitrogens with zero attached hydrogens (tertiary/aromatic N) is 2. The van der Waals surface area contributed by atoms with Crippen LogP contribution in [0.1, 0.15) is 22.6 Å². The third-order valence-corrected chi connectivity index (χ3v) is 2.62. The molecule has 0 aliphatic heterocycles. The van der Waals surface area contributed by atoms with E-state index in [1.165, 1.54) is 12.1 Å². The van der Waals surface area contributed by atoms with Gasteiger partial charge in [-0.2, -0.15) is 5.26 Å². The summed E-state index contributed by atoms with van der Waals surface area (Å²) in [4.78, 5) is 7.34. The van der Waals surface area contributed by atoms with Crippen LogP contribution in [0.3, 0.4) is 0 Å². The van der Waals surface area contributed by atoms with Crippen LogP contribution >= 0.6 is 0 Å². The van der Waals surface area contributed by atoms with E-state index < -0.39 is 5.82 Å². The highest BCUT2D eigenvalue weighted by Crippen LogP contribution is 2.12. The summed E-state index contributed by atoms with van der Waals surface area (Å²) in [5, 5.41) is 8.64. The molecule has 0 fully saturated rings. The Hall–Kier alpha value is -2.19. The molecule has 0 radical (unpaired) electrons. The zero-order valence-corrected chi connectivity index (χ0v) is 9.78. The number of H-pyrrole nitrogens is 1. The van der Waals surface area contributed by atoms with Crippen molar-refractivity contribution in [3.63, 3.8) is 0 Å². The van der Waals surface area contributed by atoms with Crippen molar-refractivity contribution in [1.29, 1.82) is 5.26 Å². The molecule has 0 saturated carbocycles. The maximum absolute atomic E-state index is 13.4. The number of aromatic amines is 1. The molecule has 2 rings (SSSR count). The second-order valence-electron chi connectivity index (χ2n) is 4.00. The molecule has 1 aromatic carbocycles. The highest BCUT2D eigenvalue weighted by Gasteiger charge is 2.05. The summed E-state index contributed by atoms with van der Waals surface area (Å²) in [5.74, 6) is 0.270. The van der Waals surface area contributed by atoms with Gasteiger partial charge < -0.3 is 10.7 Å². The second kappa shape index (κ2) is 5.43. The summed E-state index contributed by atoms with van der Waals surface area (Å²) in [6.45, 7) is 0.563. The number of hydrogen-bond acceptors (Lipinski definition) is 3. The van der Waals surface area contributed by atoms with E-state index in [1.807, 2.05) is 0 Å². The van der Waals surface area contributed by atoms with Crippen molar-refractivity contribution in [2.75, 3.05) is 6.54 Å². The van der Waals surface area contributed by atoms with E-state index >= 15 is 0 Å². The highest BCUT2D eigenvalue weighted by atomic mass is 19.1. The largest absolute Gasteiger partial charge is 0.346 e. The number of hydrogen-bond donors (Lipinski definition) is 2. The quantitative estimate of drug-likeness (QED) is 0.855. The fourth-order valence-corrected chi connectivity index (χ4v) is 1.73. The molecule has 0 amide bonds. The van der Waals surface area contributed by atoms with Crippen molar-refractivity contribution in [2.24, 2.45) is 5.73 Å². The van der Waals surface area contributed by atoms with Gasteiger partial charge in [-0.1, -0.05) is 6.07 Å².